The molecule has 2 aliphatic rings. The second kappa shape index (κ2) is 10.1. The number of nitrogens with zero attached hydrogens (tertiary/aromatic N) is 3. The maximum atomic E-state index is 13.2. The maximum absolute atomic E-state index is 13.2. The van der Waals surface area contributed by atoms with Crippen LogP contribution in [-0.4, -0.2) is 32.9 Å². The molecule has 1 aliphatic heterocycles. The van der Waals surface area contributed by atoms with Gasteiger partial charge in [0.25, 0.3) is 0 Å². The number of aromatic nitrogens is 2. The van der Waals surface area contributed by atoms with Crippen LogP contribution in [0.1, 0.15) is 74.2 Å². The van der Waals surface area contributed by atoms with Gasteiger partial charge in [-0.1, -0.05) is 43.5 Å². The number of pyridine rings is 1. The zero-order chi connectivity index (χ0) is 22.6. The van der Waals surface area contributed by atoms with Crippen LogP contribution >= 0.6 is 0 Å². The summed E-state index contributed by atoms with van der Waals surface area (Å²) in [6.07, 6.45) is 14.2. The summed E-state index contributed by atoms with van der Waals surface area (Å²) >= 11 is 0. The third-order valence-corrected chi connectivity index (χ3v) is 7.55. The van der Waals surface area contributed by atoms with E-state index in [9.17, 15) is 4.79 Å². The molecule has 3 aromatic rings. The topological polar surface area (TPSA) is 50.2 Å². The fourth-order valence-electron chi connectivity index (χ4n) is 5.69. The lowest BCUT2D eigenvalue weighted by molar-refractivity contribution is -0.132. The molecule has 3 heterocycles. The molecular weight excluding hydrogens is 408 g/mol. The highest BCUT2D eigenvalue weighted by Gasteiger charge is 2.30. The summed E-state index contributed by atoms with van der Waals surface area (Å²) in [5, 5.41) is 4.95. The Balaban J connectivity index is 1.19. The zero-order valence-corrected chi connectivity index (χ0v) is 19.8. The van der Waals surface area contributed by atoms with Crippen molar-refractivity contribution >= 4 is 16.8 Å². The van der Waals surface area contributed by atoms with E-state index >= 15 is 0 Å². The summed E-state index contributed by atoms with van der Waals surface area (Å²) < 4.78 is 2.16. The van der Waals surface area contributed by atoms with E-state index in [0.717, 1.165) is 38.0 Å². The van der Waals surface area contributed by atoms with Crippen LogP contribution < -0.4 is 5.32 Å². The van der Waals surface area contributed by atoms with Crippen LogP contribution in [0.3, 0.4) is 0 Å². The second-order valence-electron chi connectivity index (χ2n) is 9.83. The first-order valence-corrected chi connectivity index (χ1v) is 12.7. The highest BCUT2D eigenvalue weighted by Crippen LogP contribution is 2.32. The van der Waals surface area contributed by atoms with Gasteiger partial charge in [0, 0.05) is 55.9 Å². The SMILES string of the molecule is Cn1cc(CCC(=O)N2CCC[C@H]2c2ccc(CNC3CCCCC3)cn2)c2ccccc21. The lowest BCUT2D eigenvalue weighted by Crippen LogP contribution is -2.31. The van der Waals surface area contributed by atoms with Gasteiger partial charge in [0.2, 0.25) is 5.91 Å². The standard InChI is InChI=1S/C28H36N4O/c1-31-20-22(24-10-5-6-11-26(24)31)14-16-28(33)32-17-7-12-27(32)25-15-13-21(19-30-25)18-29-23-8-3-2-4-9-23/h5-6,10-11,13,15,19-20,23,27,29H,2-4,7-9,12,14,16-18H2,1H3/t27-/m0/s1. The van der Waals surface area contributed by atoms with Gasteiger partial charge in [-0.2, -0.15) is 0 Å². The highest BCUT2D eigenvalue weighted by molar-refractivity contribution is 5.85. The monoisotopic (exact) mass is 444 g/mol. The molecule has 5 rings (SSSR count). The van der Waals surface area contributed by atoms with E-state index in [1.807, 2.05) is 6.20 Å². The third-order valence-electron chi connectivity index (χ3n) is 7.55. The summed E-state index contributed by atoms with van der Waals surface area (Å²) in [4.78, 5) is 20.0. The summed E-state index contributed by atoms with van der Waals surface area (Å²) in [7, 11) is 2.07. The molecule has 0 bridgehead atoms. The van der Waals surface area contributed by atoms with E-state index in [1.165, 1.54) is 54.1 Å². The lowest BCUT2D eigenvalue weighted by atomic mass is 9.95. The van der Waals surface area contributed by atoms with Gasteiger partial charge >= 0.3 is 0 Å². The largest absolute Gasteiger partial charge is 0.350 e. The van der Waals surface area contributed by atoms with Crippen molar-refractivity contribution < 1.29 is 4.79 Å². The van der Waals surface area contributed by atoms with Crippen molar-refractivity contribution in [3.63, 3.8) is 0 Å². The Hall–Kier alpha value is -2.66. The predicted octanol–water partition coefficient (Wildman–Crippen LogP) is 5.29. The molecule has 1 saturated heterocycles. The van der Waals surface area contributed by atoms with Gasteiger partial charge in [-0.05, 0) is 55.4 Å². The molecule has 33 heavy (non-hydrogen) atoms. The number of carbonyl (C=O) groups is 1. The first kappa shape index (κ1) is 22.1. The fourth-order valence-corrected chi connectivity index (χ4v) is 5.69. The Morgan fingerprint density at radius 1 is 1.06 bits per heavy atom. The number of likely N-dealkylation sites (tertiary alicyclic amines) is 1. The van der Waals surface area contributed by atoms with E-state index < -0.39 is 0 Å². The van der Waals surface area contributed by atoms with Crippen LogP contribution in [0.2, 0.25) is 0 Å². The van der Waals surface area contributed by atoms with Crippen molar-refractivity contribution in [3.05, 3.63) is 65.6 Å². The Labute approximate surface area is 197 Å². The normalized spacial score (nSPS) is 19.4. The minimum absolute atomic E-state index is 0.116. The van der Waals surface area contributed by atoms with Crippen molar-refractivity contribution in [1.82, 2.24) is 19.8 Å². The number of hydrogen-bond acceptors (Lipinski definition) is 3. The van der Waals surface area contributed by atoms with Crippen LogP contribution in [0.25, 0.3) is 10.9 Å². The Bertz CT molecular complexity index is 1080. The molecule has 0 spiro atoms. The van der Waals surface area contributed by atoms with Gasteiger partial charge in [-0.15, -0.1) is 0 Å². The van der Waals surface area contributed by atoms with Crippen molar-refractivity contribution in [1.29, 1.82) is 0 Å². The van der Waals surface area contributed by atoms with Crippen LogP contribution in [0.15, 0.2) is 48.8 Å². The molecule has 2 aromatic heterocycles. The van der Waals surface area contributed by atoms with Crippen molar-refractivity contribution in [2.24, 2.45) is 7.05 Å². The minimum atomic E-state index is 0.116. The summed E-state index contributed by atoms with van der Waals surface area (Å²) in [6, 6.07) is 13.5. The molecule has 5 nitrogen and oxygen atoms in total. The number of fused-ring (bicyclic) bond motifs is 1. The summed E-state index contributed by atoms with van der Waals surface area (Å²) in [6.45, 7) is 1.72. The van der Waals surface area contributed by atoms with Gasteiger partial charge in [-0.25, -0.2) is 0 Å². The average Bonchev–Trinajstić information content (AvgIpc) is 3.48. The number of para-hydroxylation sites is 1. The molecule has 1 atom stereocenters. The Morgan fingerprint density at radius 3 is 2.73 bits per heavy atom. The number of aryl methyl sites for hydroxylation is 2. The molecule has 0 radical (unpaired) electrons. The van der Waals surface area contributed by atoms with Crippen LogP contribution in [-0.2, 0) is 24.8 Å². The number of hydrogen-bond donors (Lipinski definition) is 1. The lowest BCUT2D eigenvalue weighted by Gasteiger charge is -2.25. The Kier molecular flexibility index (Phi) is 6.77. The molecule has 0 unspecified atom stereocenters. The molecule has 1 N–H and O–H groups in total. The maximum Gasteiger partial charge on any atom is 0.223 e. The molecule has 1 aromatic carbocycles. The molecule has 1 aliphatic carbocycles. The van der Waals surface area contributed by atoms with Crippen molar-refractivity contribution in [2.75, 3.05) is 6.54 Å². The number of carbonyl (C=O) groups excluding carboxylic acids is 1. The first-order valence-electron chi connectivity index (χ1n) is 12.7. The molecule has 1 saturated carbocycles. The van der Waals surface area contributed by atoms with Gasteiger partial charge in [0.05, 0.1) is 11.7 Å². The zero-order valence-electron chi connectivity index (χ0n) is 19.8. The number of rotatable bonds is 7. The van der Waals surface area contributed by atoms with Crippen LogP contribution in [0.4, 0.5) is 0 Å². The first-order chi connectivity index (χ1) is 16.2. The van der Waals surface area contributed by atoms with E-state index in [2.05, 4.69) is 64.4 Å². The van der Waals surface area contributed by atoms with E-state index in [1.54, 1.807) is 0 Å². The predicted molar refractivity (Wildman–Crippen MR) is 133 cm³/mol. The van der Waals surface area contributed by atoms with E-state index in [-0.39, 0.29) is 11.9 Å². The van der Waals surface area contributed by atoms with Gasteiger partial charge in [0.1, 0.15) is 0 Å². The summed E-state index contributed by atoms with van der Waals surface area (Å²) in [5.74, 6) is 0.246. The molecule has 1 amide bonds. The van der Waals surface area contributed by atoms with Crippen molar-refractivity contribution in [3.8, 4) is 0 Å². The summed E-state index contributed by atoms with van der Waals surface area (Å²) in [5.41, 5.74) is 4.75. The van der Waals surface area contributed by atoms with Gasteiger partial charge < -0.3 is 14.8 Å². The molecular formula is C28H36N4O. The average molecular weight is 445 g/mol. The van der Waals surface area contributed by atoms with E-state index in [4.69, 9.17) is 4.98 Å². The smallest absolute Gasteiger partial charge is 0.223 e. The minimum Gasteiger partial charge on any atom is -0.350 e. The number of nitrogens with one attached hydrogen (secondary N) is 1. The van der Waals surface area contributed by atoms with Gasteiger partial charge in [0.15, 0.2) is 0 Å². The molecule has 174 valence electrons. The quantitative estimate of drug-likeness (QED) is 0.539. The molecule has 2 fully saturated rings. The van der Waals surface area contributed by atoms with Crippen molar-refractivity contribution in [2.45, 2.75) is 76.4 Å². The number of amides is 1. The van der Waals surface area contributed by atoms with Crippen LogP contribution in [0.5, 0.6) is 0 Å². The fraction of sp³-hybridized carbons (Fsp3) is 0.500. The Morgan fingerprint density at radius 2 is 1.91 bits per heavy atom. The second-order valence-corrected chi connectivity index (χ2v) is 9.83. The third kappa shape index (κ3) is 4.98. The highest BCUT2D eigenvalue weighted by atomic mass is 16.2. The molecule has 5 heteroatoms. The van der Waals surface area contributed by atoms with Crippen LogP contribution in [0, 0.1) is 0 Å². The number of benzene rings is 1. The van der Waals surface area contributed by atoms with E-state index in [0.29, 0.717) is 12.5 Å². The van der Waals surface area contributed by atoms with Gasteiger partial charge in [-0.3, -0.25) is 9.78 Å².